The van der Waals surface area contributed by atoms with E-state index in [-0.39, 0.29) is 24.4 Å². The molecule has 6 heteroatoms. The van der Waals surface area contributed by atoms with Crippen molar-refractivity contribution < 1.29 is 14.0 Å². The van der Waals surface area contributed by atoms with Crippen LogP contribution in [0.25, 0.3) is 0 Å². The van der Waals surface area contributed by atoms with Gasteiger partial charge in [0.05, 0.1) is 25.4 Å². The number of rotatable bonds is 5. The van der Waals surface area contributed by atoms with Crippen molar-refractivity contribution in [2.24, 2.45) is 0 Å². The number of nitrogens with one attached hydrogen (secondary N) is 1. The summed E-state index contributed by atoms with van der Waals surface area (Å²) in [4.78, 5) is 27.5. The third-order valence-corrected chi connectivity index (χ3v) is 3.48. The maximum absolute atomic E-state index is 12.0. The van der Waals surface area contributed by atoms with Gasteiger partial charge in [-0.1, -0.05) is 0 Å². The third kappa shape index (κ3) is 3.60. The number of carbonyl (C=O) groups is 2. The number of furan rings is 1. The van der Waals surface area contributed by atoms with Gasteiger partial charge in [-0.15, -0.1) is 0 Å². The molecule has 0 spiro atoms. The van der Waals surface area contributed by atoms with Crippen molar-refractivity contribution in [1.29, 1.82) is 0 Å². The molecule has 1 atom stereocenters. The van der Waals surface area contributed by atoms with E-state index in [9.17, 15) is 9.59 Å². The van der Waals surface area contributed by atoms with Crippen LogP contribution in [0.2, 0.25) is 0 Å². The predicted molar refractivity (Wildman–Crippen MR) is 73.8 cm³/mol. The Morgan fingerprint density at radius 2 is 2.30 bits per heavy atom. The molecule has 1 aromatic heterocycles. The van der Waals surface area contributed by atoms with Gasteiger partial charge in [-0.25, -0.2) is 0 Å². The van der Waals surface area contributed by atoms with E-state index < -0.39 is 0 Å². The van der Waals surface area contributed by atoms with E-state index in [1.807, 2.05) is 11.0 Å². The molecule has 2 rings (SSSR count). The Bertz CT molecular complexity index is 456. The molecule has 0 bridgehead atoms. The van der Waals surface area contributed by atoms with Gasteiger partial charge in [0.2, 0.25) is 11.8 Å². The quantitative estimate of drug-likeness (QED) is 0.850. The molecule has 1 aliphatic heterocycles. The van der Waals surface area contributed by atoms with E-state index in [1.165, 1.54) is 0 Å². The summed E-state index contributed by atoms with van der Waals surface area (Å²) in [5.74, 6) is 0.710. The first-order chi connectivity index (χ1) is 9.58. The van der Waals surface area contributed by atoms with Crippen molar-refractivity contribution in [1.82, 2.24) is 15.1 Å². The molecule has 1 N–H and O–H groups in total. The predicted octanol–water partition coefficient (Wildman–Crippen LogP) is 0.448. The van der Waals surface area contributed by atoms with Crippen molar-refractivity contribution in [2.45, 2.75) is 25.4 Å². The van der Waals surface area contributed by atoms with Gasteiger partial charge in [0.25, 0.3) is 0 Å². The maximum atomic E-state index is 12.0. The smallest absolute Gasteiger partial charge is 0.239 e. The van der Waals surface area contributed by atoms with Gasteiger partial charge in [0.15, 0.2) is 0 Å². The number of carbonyl (C=O) groups excluding carboxylic acids is 2. The molecule has 110 valence electrons. The van der Waals surface area contributed by atoms with Crippen molar-refractivity contribution >= 4 is 11.8 Å². The van der Waals surface area contributed by atoms with Crippen LogP contribution in [0.1, 0.15) is 18.6 Å². The minimum atomic E-state index is -0.167. The largest absolute Gasteiger partial charge is 0.467 e. The fourth-order valence-electron chi connectivity index (χ4n) is 2.43. The van der Waals surface area contributed by atoms with Crippen LogP contribution in [0.15, 0.2) is 22.8 Å². The highest BCUT2D eigenvalue weighted by molar-refractivity contribution is 5.83. The highest BCUT2D eigenvalue weighted by Gasteiger charge is 2.32. The molecule has 6 nitrogen and oxygen atoms in total. The number of nitrogens with zero attached hydrogens (tertiary/aromatic N) is 2. The first-order valence-electron chi connectivity index (χ1n) is 6.82. The fourth-order valence-corrected chi connectivity index (χ4v) is 2.43. The summed E-state index contributed by atoms with van der Waals surface area (Å²) in [6.45, 7) is 1.43. The number of likely N-dealkylation sites (N-methyl/N-ethyl adjacent to an activating group) is 1. The average Bonchev–Trinajstić information content (AvgIpc) is 3.06. The van der Waals surface area contributed by atoms with Crippen molar-refractivity contribution in [3.63, 3.8) is 0 Å². The first kappa shape index (κ1) is 14.6. The Kier molecular flexibility index (Phi) is 4.79. The monoisotopic (exact) mass is 279 g/mol. The molecule has 1 fully saturated rings. The van der Waals surface area contributed by atoms with Crippen molar-refractivity contribution in [3.8, 4) is 0 Å². The van der Waals surface area contributed by atoms with Gasteiger partial charge in [-0.05, 0) is 31.5 Å². The number of hydrogen-bond donors (Lipinski definition) is 1. The lowest BCUT2D eigenvalue weighted by atomic mass is 10.2. The maximum Gasteiger partial charge on any atom is 0.239 e. The van der Waals surface area contributed by atoms with Crippen molar-refractivity contribution in [2.75, 3.05) is 27.2 Å². The topological polar surface area (TPSA) is 65.8 Å². The summed E-state index contributed by atoms with van der Waals surface area (Å²) < 4.78 is 5.16. The zero-order valence-electron chi connectivity index (χ0n) is 12.0. The second-order valence-electron chi connectivity index (χ2n) is 5.22. The highest BCUT2D eigenvalue weighted by Crippen LogP contribution is 2.18. The standard InChI is InChI=1S/C14H21N3O3/c1-16(2)14(19)12-6-3-7-17(12)10-13(18)15-9-11-5-4-8-20-11/h4-5,8,12H,3,6-7,9-10H2,1-2H3,(H,15,18)/t12-/m1/s1. The molecule has 20 heavy (non-hydrogen) atoms. The number of amides is 2. The molecule has 1 saturated heterocycles. The molecule has 1 aliphatic rings. The van der Waals surface area contributed by atoms with Crippen molar-refractivity contribution in [3.05, 3.63) is 24.2 Å². The lowest BCUT2D eigenvalue weighted by Gasteiger charge is -2.25. The molecular formula is C14H21N3O3. The minimum Gasteiger partial charge on any atom is -0.467 e. The first-order valence-corrected chi connectivity index (χ1v) is 6.82. The van der Waals surface area contributed by atoms with Crippen LogP contribution in [0.3, 0.4) is 0 Å². The molecule has 0 unspecified atom stereocenters. The zero-order valence-corrected chi connectivity index (χ0v) is 12.0. The molecular weight excluding hydrogens is 258 g/mol. The van der Waals surface area contributed by atoms with E-state index >= 15 is 0 Å². The summed E-state index contributed by atoms with van der Waals surface area (Å²) in [6, 6.07) is 3.43. The Morgan fingerprint density at radius 3 is 2.95 bits per heavy atom. The number of likely N-dealkylation sites (tertiary alicyclic amines) is 1. The molecule has 2 heterocycles. The summed E-state index contributed by atoms with van der Waals surface area (Å²) in [5.41, 5.74) is 0. The van der Waals surface area contributed by atoms with Crippen LogP contribution in [-0.2, 0) is 16.1 Å². The van der Waals surface area contributed by atoms with E-state index in [0.717, 1.165) is 25.1 Å². The van der Waals surface area contributed by atoms with Gasteiger partial charge in [0.1, 0.15) is 5.76 Å². The van der Waals surface area contributed by atoms with Gasteiger partial charge in [-0.3, -0.25) is 14.5 Å². The van der Waals surface area contributed by atoms with E-state index in [2.05, 4.69) is 5.32 Å². The van der Waals surface area contributed by atoms with Gasteiger partial charge in [0, 0.05) is 14.1 Å². The molecule has 1 aromatic rings. The van der Waals surface area contributed by atoms with E-state index in [4.69, 9.17) is 4.42 Å². The molecule has 2 amide bonds. The molecule has 0 aliphatic carbocycles. The highest BCUT2D eigenvalue weighted by atomic mass is 16.3. The zero-order chi connectivity index (χ0) is 14.5. The third-order valence-electron chi connectivity index (χ3n) is 3.48. The lowest BCUT2D eigenvalue weighted by Crippen LogP contribution is -2.46. The van der Waals surface area contributed by atoms with Gasteiger partial charge < -0.3 is 14.6 Å². The van der Waals surface area contributed by atoms with Crippen LogP contribution < -0.4 is 5.32 Å². The molecule has 0 radical (unpaired) electrons. The Morgan fingerprint density at radius 1 is 1.50 bits per heavy atom. The minimum absolute atomic E-state index is 0.0707. The summed E-state index contributed by atoms with van der Waals surface area (Å²) >= 11 is 0. The molecule has 0 saturated carbocycles. The van der Waals surface area contributed by atoms with Crippen LogP contribution in [0, 0.1) is 0 Å². The average molecular weight is 279 g/mol. The van der Waals surface area contributed by atoms with Gasteiger partial charge in [-0.2, -0.15) is 0 Å². The van der Waals surface area contributed by atoms with E-state index in [0.29, 0.717) is 6.54 Å². The second kappa shape index (κ2) is 6.56. The normalized spacial score (nSPS) is 19.0. The Labute approximate surface area is 118 Å². The summed E-state index contributed by atoms with van der Waals surface area (Å²) in [5, 5.41) is 2.80. The van der Waals surface area contributed by atoms with Crippen LogP contribution in [-0.4, -0.2) is 54.8 Å². The van der Waals surface area contributed by atoms with Crippen LogP contribution >= 0.6 is 0 Å². The fraction of sp³-hybridized carbons (Fsp3) is 0.571. The lowest BCUT2D eigenvalue weighted by molar-refractivity contribution is -0.134. The number of hydrogen-bond acceptors (Lipinski definition) is 4. The Hall–Kier alpha value is -1.82. The Balaban J connectivity index is 1.82. The summed E-state index contributed by atoms with van der Waals surface area (Å²) in [6.07, 6.45) is 3.35. The van der Waals surface area contributed by atoms with Crippen LogP contribution in [0.5, 0.6) is 0 Å². The van der Waals surface area contributed by atoms with E-state index in [1.54, 1.807) is 31.3 Å². The van der Waals surface area contributed by atoms with Crippen LogP contribution in [0.4, 0.5) is 0 Å². The van der Waals surface area contributed by atoms with Gasteiger partial charge >= 0.3 is 0 Å². The molecule has 0 aromatic carbocycles. The second-order valence-corrected chi connectivity index (χ2v) is 5.22. The summed E-state index contributed by atoms with van der Waals surface area (Å²) in [7, 11) is 3.49. The SMILES string of the molecule is CN(C)C(=O)[C@H]1CCCN1CC(=O)NCc1ccco1.